The van der Waals surface area contributed by atoms with Gasteiger partial charge in [-0.3, -0.25) is 0 Å². The first-order valence-corrected chi connectivity index (χ1v) is 9.19. The highest BCUT2D eigenvalue weighted by molar-refractivity contribution is 5.85. The number of hydrogen-bond donors (Lipinski definition) is 0. The third-order valence-electron chi connectivity index (χ3n) is 4.75. The van der Waals surface area contributed by atoms with E-state index >= 15 is 0 Å². The van der Waals surface area contributed by atoms with Gasteiger partial charge in [0.1, 0.15) is 11.9 Å². The summed E-state index contributed by atoms with van der Waals surface area (Å²) in [6.45, 7) is 2.30. The summed E-state index contributed by atoms with van der Waals surface area (Å²) in [5.41, 5.74) is 2.19. The number of nitrogens with zero attached hydrogens (tertiary/aromatic N) is 2. The SMILES string of the molecule is COc1ccccc1OCCCn1c(C2CCCO2)nc2ccccc21.Cl. The molecule has 4 rings (SSSR count). The Bertz CT molecular complexity index is 875. The molecule has 27 heavy (non-hydrogen) atoms. The number of halogens is 1. The molecule has 3 aromatic rings. The summed E-state index contributed by atoms with van der Waals surface area (Å²) in [7, 11) is 1.66. The molecule has 2 heterocycles. The Labute approximate surface area is 165 Å². The van der Waals surface area contributed by atoms with Crippen LogP contribution in [0.5, 0.6) is 11.5 Å². The second-order valence-electron chi connectivity index (χ2n) is 6.46. The van der Waals surface area contributed by atoms with Crippen LogP contribution in [0.1, 0.15) is 31.2 Å². The molecule has 0 saturated carbocycles. The Morgan fingerprint density at radius 1 is 1.11 bits per heavy atom. The van der Waals surface area contributed by atoms with Crippen LogP contribution in [0.2, 0.25) is 0 Å². The van der Waals surface area contributed by atoms with E-state index in [4.69, 9.17) is 19.2 Å². The van der Waals surface area contributed by atoms with Gasteiger partial charge >= 0.3 is 0 Å². The Kier molecular flexibility index (Phi) is 6.58. The van der Waals surface area contributed by atoms with E-state index in [1.807, 2.05) is 30.3 Å². The second kappa shape index (κ2) is 9.11. The summed E-state index contributed by atoms with van der Waals surface area (Å²) in [4.78, 5) is 4.84. The van der Waals surface area contributed by atoms with Crippen LogP contribution in [0.4, 0.5) is 0 Å². The van der Waals surface area contributed by atoms with Crippen LogP contribution in [-0.2, 0) is 11.3 Å². The fraction of sp³-hybridized carbons (Fsp3) is 0.381. The van der Waals surface area contributed by atoms with Gasteiger partial charge in [-0.15, -0.1) is 12.4 Å². The zero-order valence-corrected chi connectivity index (χ0v) is 16.3. The van der Waals surface area contributed by atoms with Crippen LogP contribution in [0.25, 0.3) is 11.0 Å². The Balaban J connectivity index is 0.00000210. The molecule has 5 nitrogen and oxygen atoms in total. The maximum Gasteiger partial charge on any atom is 0.161 e. The Morgan fingerprint density at radius 3 is 2.67 bits per heavy atom. The topological polar surface area (TPSA) is 45.5 Å². The highest BCUT2D eigenvalue weighted by Crippen LogP contribution is 2.31. The van der Waals surface area contributed by atoms with Crippen LogP contribution in [-0.4, -0.2) is 29.9 Å². The van der Waals surface area contributed by atoms with Crippen molar-refractivity contribution in [2.24, 2.45) is 0 Å². The number of rotatable bonds is 7. The summed E-state index contributed by atoms with van der Waals surface area (Å²) in [6.07, 6.45) is 3.14. The quantitative estimate of drug-likeness (QED) is 0.546. The monoisotopic (exact) mass is 388 g/mol. The molecule has 1 aliphatic rings. The molecule has 1 unspecified atom stereocenters. The molecular formula is C21H25ClN2O3. The fourth-order valence-electron chi connectivity index (χ4n) is 3.50. The molecule has 1 aromatic heterocycles. The molecule has 2 aromatic carbocycles. The number of fused-ring (bicyclic) bond motifs is 1. The van der Waals surface area contributed by atoms with Crippen molar-refractivity contribution in [1.82, 2.24) is 9.55 Å². The molecule has 0 radical (unpaired) electrons. The van der Waals surface area contributed by atoms with Gasteiger partial charge in [-0.2, -0.15) is 0 Å². The van der Waals surface area contributed by atoms with Crippen molar-refractivity contribution in [2.45, 2.75) is 31.9 Å². The highest BCUT2D eigenvalue weighted by Gasteiger charge is 2.24. The minimum atomic E-state index is 0. The van der Waals surface area contributed by atoms with Crippen molar-refractivity contribution < 1.29 is 14.2 Å². The van der Waals surface area contributed by atoms with Crippen LogP contribution in [0.3, 0.4) is 0 Å². The van der Waals surface area contributed by atoms with E-state index in [0.29, 0.717) is 6.61 Å². The maximum atomic E-state index is 5.91. The Hall–Kier alpha value is -2.24. The molecular weight excluding hydrogens is 364 g/mol. The third kappa shape index (κ3) is 4.20. The summed E-state index contributed by atoms with van der Waals surface area (Å²) in [5.74, 6) is 2.59. The maximum absolute atomic E-state index is 5.91. The van der Waals surface area contributed by atoms with E-state index in [-0.39, 0.29) is 18.5 Å². The van der Waals surface area contributed by atoms with Crippen molar-refractivity contribution in [1.29, 1.82) is 0 Å². The van der Waals surface area contributed by atoms with Crippen molar-refractivity contribution in [3.05, 3.63) is 54.4 Å². The van der Waals surface area contributed by atoms with Gasteiger partial charge in [0.2, 0.25) is 0 Å². The first kappa shape index (κ1) is 19.5. The number of imidazole rings is 1. The van der Waals surface area contributed by atoms with Gasteiger partial charge in [0.15, 0.2) is 11.5 Å². The summed E-state index contributed by atoms with van der Waals surface area (Å²) >= 11 is 0. The minimum Gasteiger partial charge on any atom is -0.493 e. The summed E-state index contributed by atoms with van der Waals surface area (Å²) in [6, 6.07) is 16.0. The number of ether oxygens (including phenoxy) is 3. The highest BCUT2D eigenvalue weighted by atomic mass is 35.5. The Morgan fingerprint density at radius 2 is 1.89 bits per heavy atom. The molecule has 1 saturated heterocycles. The third-order valence-corrected chi connectivity index (χ3v) is 4.75. The van der Waals surface area contributed by atoms with E-state index in [0.717, 1.165) is 60.8 Å². The van der Waals surface area contributed by atoms with Gasteiger partial charge in [0.25, 0.3) is 0 Å². The van der Waals surface area contributed by atoms with Crippen molar-refractivity contribution in [3.63, 3.8) is 0 Å². The lowest BCUT2D eigenvalue weighted by Crippen LogP contribution is -2.11. The molecule has 1 fully saturated rings. The number of aromatic nitrogens is 2. The van der Waals surface area contributed by atoms with Crippen LogP contribution < -0.4 is 9.47 Å². The largest absolute Gasteiger partial charge is 0.493 e. The molecule has 6 heteroatoms. The fourth-order valence-corrected chi connectivity index (χ4v) is 3.50. The predicted molar refractivity (Wildman–Crippen MR) is 108 cm³/mol. The van der Waals surface area contributed by atoms with E-state index in [9.17, 15) is 0 Å². The smallest absolute Gasteiger partial charge is 0.161 e. The second-order valence-corrected chi connectivity index (χ2v) is 6.46. The number of aryl methyl sites for hydroxylation is 1. The van der Waals surface area contributed by atoms with Crippen LogP contribution in [0.15, 0.2) is 48.5 Å². The van der Waals surface area contributed by atoms with E-state index < -0.39 is 0 Å². The summed E-state index contributed by atoms with van der Waals surface area (Å²) in [5, 5.41) is 0. The lowest BCUT2D eigenvalue weighted by atomic mass is 10.2. The normalized spacial score (nSPS) is 16.3. The van der Waals surface area contributed by atoms with E-state index in [2.05, 4.69) is 22.8 Å². The standard InChI is InChI=1S/C21H24N2O3.ClH/c1-24-18-10-4-5-11-19(18)25-15-7-13-23-17-9-3-2-8-16(17)22-21(23)20-12-6-14-26-20;/h2-5,8-11,20H,6-7,12-15H2,1H3;1H. The number of hydrogen-bond acceptors (Lipinski definition) is 4. The summed E-state index contributed by atoms with van der Waals surface area (Å²) < 4.78 is 19.4. The number of methoxy groups -OCH3 is 1. The average Bonchev–Trinajstić information content (AvgIpc) is 3.33. The zero-order valence-electron chi connectivity index (χ0n) is 15.5. The van der Waals surface area contributed by atoms with Gasteiger partial charge in [0, 0.05) is 13.2 Å². The molecule has 144 valence electrons. The lowest BCUT2D eigenvalue weighted by molar-refractivity contribution is 0.102. The first-order chi connectivity index (χ1) is 12.9. The van der Waals surface area contributed by atoms with E-state index in [1.165, 1.54) is 0 Å². The molecule has 0 N–H and O–H groups in total. The number of para-hydroxylation sites is 4. The predicted octanol–water partition coefficient (Wildman–Crippen LogP) is 4.79. The molecule has 0 bridgehead atoms. The number of benzene rings is 2. The molecule has 0 amide bonds. The molecule has 1 atom stereocenters. The van der Waals surface area contributed by atoms with Crippen molar-refractivity contribution in [3.8, 4) is 11.5 Å². The van der Waals surface area contributed by atoms with Gasteiger partial charge in [-0.25, -0.2) is 4.98 Å². The van der Waals surface area contributed by atoms with Gasteiger partial charge in [0.05, 0.1) is 24.8 Å². The molecule has 0 aliphatic carbocycles. The van der Waals surface area contributed by atoms with Crippen molar-refractivity contribution >= 4 is 23.4 Å². The lowest BCUT2D eigenvalue weighted by Gasteiger charge is -2.14. The van der Waals surface area contributed by atoms with Crippen LogP contribution >= 0.6 is 12.4 Å². The first-order valence-electron chi connectivity index (χ1n) is 9.19. The van der Waals surface area contributed by atoms with Gasteiger partial charge in [-0.05, 0) is 43.5 Å². The molecule has 1 aliphatic heterocycles. The average molecular weight is 389 g/mol. The molecule has 0 spiro atoms. The minimum absolute atomic E-state index is 0. The van der Waals surface area contributed by atoms with Gasteiger partial charge < -0.3 is 18.8 Å². The van der Waals surface area contributed by atoms with Gasteiger partial charge in [-0.1, -0.05) is 24.3 Å². The van der Waals surface area contributed by atoms with Crippen LogP contribution in [0, 0.1) is 0 Å². The van der Waals surface area contributed by atoms with E-state index in [1.54, 1.807) is 7.11 Å². The zero-order chi connectivity index (χ0) is 17.8. The van der Waals surface area contributed by atoms with Crippen molar-refractivity contribution in [2.75, 3.05) is 20.3 Å².